The van der Waals surface area contributed by atoms with E-state index in [0.717, 1.165) is 32.5 Å². The van der Waals surface area contributed by atoms with Gasteiger partial charge in [-0.2, -0.15) is 5.10 Å². The molecule has 0 atom stereocenters. The van der Waals surface area contributed by atoms with E-state index < -0.39 is 0 Å². The number of hydrazone groups is 1. The first-order valence-corrected chi connectivity index (χ1v) is 10.3. The minimum Gasteiger partial charge on any atom is -0.488 e. The van der Waals surface area contributed by atoms with E-state index in [1.807, 2.05) is 80.6 Å². The fraction of sp³-hybridized carbons (Fsp3) is 0.167. The molecule has 1 N–H and O–H groups in total. The number of carbonyl (C=O) groups is 1. The van der Waals surface area contributed by atoms with Gasteiger partial charge in [-0.05, 0) is 54.8 Å². The molecule has 0 heterocycles. The highest BCUT2D eigenvalue weighted by Gasteiger charge is 2.07. The highest BCUT2D eigenvalue weighted by Crippen LogP contribution is 2.22. The number of aryl methyl sites for hydroxylation is 2. The Morgan fingerprint density at radius 3 is 2.40 bits per heavy atom. The van der Waals surface area contributed by atoms with Crippen LogP contribution in [0.5, 0.6) is 11.5 Å². The van der Waals surface area contributed by atoms with Gasteiger partial charge in [-0.1, -0.05) is 58.4 Å². The smallest absolute Gasteiger partial charge is 0.277 e. The zero-order chi connectivity index (χ0) is 21.3. The zero-order valence-corrected chi connectivity index (χ0v) is 18.5. The summed E-state index contributed by atoms with van der Waals surface area (Å²) >= 11 is 3.42. The van der Waals surface area contributed by atoms with Crippen molar-refractivity contribution >= 4 is 28.1 Å². The first-order chi connectivity index (χ1) is 14.5. The first kappa shape index (κ1) is 21.6. The van der Waals surface area contributed by atoms with E-state index >= 15 is 0 Å². The lowest BCUT2D eigenvalue weighted by atomic mass is 10.1. The second-order valence-corrected chi connectivity index (χ2v) is 7.67. The molecular weight excluding hydrogens is 444 g/mol. The summed E-state index contributed by atoms with van der Waals surface area (Å²) in [6.45, 7) is 4.23. The number of hydrogen-bond donors (Lipinski definition) is 1. The predicted molar refractivity (Wildman–Crippen MR) is 122 cm³/mol. The first-order valence-electron chi connectivity index (χ1n) is 9.50. The lowest BCUT2D eigenvalue weighted by Gasteiger charge is -2.11. The van der Waals surface area contributed by atoms with E-state index in [4.69, 9.17) is 9.47 Å². The van der Waals surface area contributed by atoms with Crippen molar-refractivity contribution in [1.29, 1.82) is 0 Å². The van der Waals surface area contributed by atoms with E-state index in [-0.39, 0.29) is 12.5 Å². The van der Waals surface area contributed by atoms with Crippen LogP contribution in [0, 0.1) is 13.8 Å². The summed E-state index contributed by atoms with van der Waals surface area (Å²) in [5.41, 5.74) is 6.30. The maximum atomic E-state index is 12.1. The summed E-state index contributed by atoms with van der Waals surface area (Å²) in [7, 11) is 0. The maximum Gasteiger partial charge on any atom is 0.277 e. The largest absolute Gasteiger partial charge is 0.488 e. The number of benzene rings is 3. The van der Waals surface area contributed by atoms with Crippen LogP contribution in [0.3, 0.4) is 0 Å². The number of hydrogen-bond acceptors (Lipinski definition) is 4. The van der Waals surface area contributed by atoms with Crippen molar-refractivity contribution in [2.24, 2.45) is 5.10 Å². The monoisotopic (exact) mass is 466 g/mol. The van der Waals surface area contributed by atoms with Gasteiger partial charge in [0.1, 0.15) is 18.1 Å². The minimum absolute atomic E-state index is 0.106. The Balaban J connectivity index is 1.54. The van der Waals surface area contributed by atoms with Gasteiger partial charge in [0, 0.05) is 10.0 Å². The summed E-state index contributed by atoms with van der Waals surface area (Å²) in [6.07, 6.45) is 1.56. The fourth-order valence-electron chi connectivity index (χ4n) is 2.83. The molecule has 1 amide bonds. The molecule has 3 rings (SSSR count). The van der Waals surface area contributed by atoms with Gasteiger partial charge in [0.05, 0.1) is 6.21 Å². The van der Waals surface area contributed by atoms with Crippen molar-refractivity contribution in [2.45, 2.75) is 20.5 Å². The van der Waals surface area contributed by atoms with Crippen molar-refractivity contribution in [3.05, 3.63) is 93.5 Å². The van der Waals surface area contributed by atoms with Crippen molar-refractivity contribution < 1.29 is 14.3 Å². The molecule has 30 heavy (non-hydrogen) atoms. The molecule has 0 aliphatic rings. The molecule has 0 bridgehead atoms. The second-order valence-electron chi connectivity index (χ2n) is 6.76. The number of nitrogens with zero attached hydrogens (tertiary/aromatic N) is 1. The van der Waals surface area contributed by atoms with E-state index in [2.05, 4.69) is 26.5 Å². The molecule has 0 aliphatic heterocycles. The maximum absolute atomic E-state index is 12.1. The Labute approximate surface area is 184 Å². The molecular formula is C24H23BrN2O3. The Hall–Kier alpha value is -3.12. The minimum atomic E-state index is -0.331. The van der Waals surface area contributed by atoms with Crippen LogP contribution in [0.25, 0.3) is 0 Å². The molecule has 0 spiro atoms. The van der Waals surface area contributed by atoms with Gasteiger partial charge in [0.2, 0.25) is 0 Å². The van der Waals surface area contributed by atoms with Crippen molar-refractivity contribution in [2.75, 3.05) is 6.61 Å². The molecule has 6 heteroatoms. The van der Waals surface area contributed by atoms with Crippen LogP contribution in [0.15, 0.2) is 76.3 Å². The summed E-state index contributed by atoms with van der Waals surface area (Å²) in [6, 6.07) is 21.3. The number of halogens is 1. The normalized spacial score (nSPS) is 10.8. The predicted octanol–water partition coefficient (Wildman–Crippen LogP) is 5.17. The molecule has 0 saturated carbocycles. The third-order valence-corrected chi connectivity index (χ3v) is 4.90. The highest BCUT2D eigenvalue weighted by molar-refractivity contribution is 9.10. The van der Waals surface area contributed by atoms with E-state index in [0.29, 0.717) is 12.4 Å². The van der Waals surface area contributed by atoms with Crippen LogP contribution in [-0.2, 0) is 11.4 Å². The summed E-state index contributed by atoms with van der Waals surface area (Å²) in [5.74, 6) is 1.08. The summed E-state index contributed by atoms with van der Waals surface area (Å²) in [4.78, 5) is 12.1. The Kier molecular flexibility index (Phi) is 7.63. The zero-order valence-electron chi connectivity index (χ0n) is 16.9. The third kappa shape index (κ3) is 6.19. The lowest BCUT2D eigenvalue weighted by molar-refractivity contribution is -0.123. The van der Waals surface area contributed by atoms with Gasteiger partial charge in [-0.3, -0.25) is 4.79 Å². The van der Waals surface area contributed by atoms with Crippen LogP contribution in [-0.4, -0.2) is 18.7 Å². The average molecular weight is 467 g/mol. The topological polar surface area (TPSA) is 59.9 Å². The molecule has 154 valence electrons. The number of para-hydroxylation sites is 2. The van der Waals surface area contributed by atoms with Gasteiger partial charge in [-0.25, -0.2) is 5.43 Å². The molecule has 0 unspecified atom stereocenters. The molecule has 0 radical (unpaired) electrons. The molecule has 0 aromatic heterocycles. The highest BCUT2D eigenvalue weighted by atomic mass is 79.9. The van der Waals surface area contributed by atoms with E-state index in [1.54, 1.807) is 6.21 Å². The van der Waals surface area contributed by atoms with E-state index in [1.165, 1.54) is 0 Å². The quantitative estimate of drug-likeness (QED) is 0.367. The second kappa shape index (κ2) is 10.6. The van der Waals surface area contributed by atoms with Crippen molar-refractivity contribution in [1.82, 2.24) is 5.43 Å². The van der Waals surface area contributed by atoms with Crippen LogP contribution in [0.4, 0.5) is 0 Å². The van der Waals surface area contributed by atoms with Crippen molar-refractivity contribution in [3.8, 4) is 11.5 Å². The van der Waals surface area contributed by atoms with Crippen LogP contribution >= 0.6 is 15.9 Å². The molecule has 0 saturated heterocycles. The molecule has 5 nitrogen and oxygen atoms in total. The molecule has 3 aromatic rings. The van der Waals surface area contributed by atoms with Gasteiger partial charge in [0.15, 0.2) is 6.61 Å². The molecule has 3 aromatic carbocycles. The van der Waals surface area contributed by atoms with Gasteiger partial charge in [0.25, 0.3) is 5.91 Å². The Bertz CT molecular complexity index is 1010. The number of ether oxygens (including phenoxy) is 2. The third-order valence-electron chi connectivity index (χ3n) is 4.38. The van der Waals surface area contributed by atoms with Gasteiger partial charge >= 0.3 is 0 Å². The number of carbonyl (C=O) groups excluding carboxylic acids is 1. The van der Waals surface area contributed by atoms with Gasteiger partial charge in [-0.15, -0.1) is 0 Å². The molecule has 0 fully saturated rings. The Morgan fingerprint density at radius 2 is 1.67 bits per heavy atom. The summed E-state index contributed by atoms with van der Waals surface area (Å²) < 4.78 is 12.6. The lowest BCUT2D eigenvalue weighted by Crippen LogP contribution is -2.25. The summed E-state index contributed by atoms with van der Waals surface area (Å²) in [5, 5.41) is 4.04. The number of nitrogens with one attached hydrogen (secondary N) is 1. The van der Waals surface area contributed by atoms with Crippen LogP contribution in [0.1, 0.15) is 22.3 Å². The standard InChI is InChI=1S/C24H23BrN2O3/c1-17-6-5-7-18(2)24(17)30-16-23(28)27-26-14-20-8-3-4-9-22(20)29-15-19-10-12-21(25)13-11-19/h3-14H,15-16H2,1-2H3,(H,27,28)/b26-14-. The fourth-order valence-corrected chi connectivity index (χ4v) is 3.10. The van der Waals surface area contributed by atoms with Crippen molar-refractivity contribution in [3.63, 3.8) is 0 Å². The Morgan fingerprint density at radius 1 is 0.967 bits per heavy atom. The number of amides is 1. The van der Waals surface area contributed by atoms with Crippen LogP contribution in [0.2, 0.25) is 0 Å². The number of rotatable bonds is 8. The van der Waals surface area contributed by atoms with Crippen LogP contribution < -0.4 is 14.9 Å². The van der Waals surface area contributed by atoms with E-state index in [9.17, 15) is 4.79 Å². The average Bonchev–Trinajstić information content (AvgIpc) is 2.74. The molecule has 0 aliphatic carbocycles. The van der Waals surface area contributed by atoms with Gasteiger partial charge < -0.3 is 9.47 Å². The SMILES string of the molecule is Cc1cccc(C)c1OCC(=O)N/N=C\c1ccccc1OCc1ccc(Br)cc1.